The zero-order valence-electron chi connectivity index (χ0n) is 18.3. The van der Waals surface area contributed by atoms with Gasteiger partial charge in [-0.1, -0.05) is 48.5 Å². The van der Waals surface area contributed by atoms with Crippen LogP contribution in [0.15, 0.2) is 85.2 Å². The van der Waals surface area contributed by atoms with Gasteiger partial charge >= 0.3 is 0 Å². The van der Waals surface area contributed by atoms with E-state index >= 15 is 0 Å². The van der Waals surface area contributed by atoms with Crippen LogP contribution >= 0.6 is 0 Å². The number of nitrogens with one attached hydrogen (secondary N) is 1. The quantitative estimate of drug-likeness (QED) is 0.373. The minimum absolute atomic E-state index is 0.222. The number of nitriles is 1. The number of nitrogens with zero attached hydrogens (tertiary/aromatic N) is 3. The van der Waals surface area contributed by atoms with Gasteiger partial charge in [0.15, 0.2) is 0 Å². The number of carbonyl (C=O) groups excluding carboxylic acids is 1. The minimum atomic E-state index is -0.755. The zero-order valence-corrected chi connectivity index (χ0v) is 18.3. The van der Waals surface area contributed by atoms with Gasteiger partial charge in [-0.25, -0.2) is 4.98 Å². The summed E-state index contributed by atoms with van der Waals surface area (Å²) >= 11 is 0. The molecule has 0 aliphatic carbocycles. The van der Waals surface area contributed by atoms with Crippen molar-refractivity contribution >= 4 is 11.7 Å². The second-order valence-electron chi connectivity index (χ2n) is 7.72. The molecule has 0 saturated heterocycles. The van der Waals surface area contributed by atoms with E-state index in [1.807, 2.05) is 24.3 Å². The third kappa shape index (κ3) is 4.87. The van der Waals surface area contributed by atoms with Crippen molar-refractivity contribution in [3.63, 3.8) is 0 Å². The van der Waals surface area contributed by atoms with Gasteiger partial charge in [0.1, 0.15) is 11.6 Å². The van der Waals surface area contributed by atoms with Gasteiger partial charge in [0, 0.05) is 30.1 Å². The van der Waals surface area contributed by atoms with E-state index in [0.29, 0.717) is 46.7 Å². The van der Waals surface area contributed by atoms with Gasteiger partial charge in [-0.2, -0.15) is 5.26 Å². The molecule has 4 N–H and O–H groups in total. The first-order valence-corrected chi connectivity index (χ1v) is 10.8. The zero-order chi connectivity index (χ0) is 23.9. The van der Waals surface area contributed by atoms with Gasteiger partial charge in [-0.05, 0) is 41.8 Å². The number of aromatic nitrogens is 2. The third-order valence-corrected chi connectivity index (χ3v) is 5.54. The molecule has 0 aliphatic rings. The predicted molar refractivity (Wildman–Crippen MR) is 130 cm³/mol. The van der Waals surface area contributed by atoms with E-state index in [2.05, 4.69) is 16.4 Å². The molecular formula is C27H23N5O2. The number of nitrogens with two attached hydrogens (primary N) is 1. The van der Waals surface area contributed by atoms with Crippen molar-refractivity contribution in [3.05, 3.63) is 107 Å². The smallest absolute Gasteiger partial charge is 0.229 e. The summed E-state index contributed by atoms with van der Waals surface area (Å²) in [6.45, 7) is 0.458. The molecule has 1 atom stereocenters. The summed E-state index contributed by atoms with van der Waals surface area (Å²) in [5.41, 5.74) is 9.65. The van der Waals surface area contributed by atoms with E-state index in [1.54, 1.807) is 60.9 Å². The van der Waals surface area contributed by atoms with Gasteiger partial charge in [-0.15, -0.1) is 0 Å². The maximum absolute atomic E-state index is 12.5. The Morgan fingerprint density at radius 2 is 1.85 bits per heavy atom. The van der Waals surface area contributed by atoms with Crippen molar-refractivity contribution in [2.75, 3.05) is 11.9 Å². The normalized spacial score (nSPS) is 11.4. The van der Waals surface area contributed by atoms with Crippen LogP contribution in [0.3, 0.4) is 0 Å². The highest BCUT2D eigenvalue weighted by atomic mass is 16.3. The average molecular weight is 450 g/mol. The van der Waals surface area contributed by atoms with Crippen LogP contribution in [-0.4, -0.2) is 27.5 Å². The van der Waals surface area contributed by atoms with Crippen LogP contribution in [0.25, 0.3) is 11.3 Å². The Morgan fingerprint density at radius 1 is 1.06 bits per heavy atom. The molecule has 34 heavy (non-hydrogen) atoms. The number of rotatable bonds is 8. The van der Waals surface area contributed by atoms with Crippen LogP contribution in [0.4, 0.5) is 5.82 Å². The molecule has 0 saturated carbocycles. The third-order valence-electron chi connectivity index (χ3n) is 5.54. The highest BCUT2D eigenvalue weighted by Gasteiger charge is 2.25. The van der Waals surface area contributed by atoms with Crippen LogP contribution in [-0.2, 0) is 11.2 Å². The highest BCUT2D eigenvalue weighted by molar-refractivity contribution is 5.87. The molecule has 0 bridgehead atoms. The van der Waals surface area contributed by atoms with Gasteiger partial charge in [0.25, 0.3) is 0 Å². The van der Waals surface area contributed by atoms with E-state index in [1.165, 1.54) is 0 Å². The monoisotopic (exact) mass is 449 g/mol. The van der Waals surface area contributed by atoms with Gasteiger partial charge in [0.2, 0.25) is 5.91 Å². The number of carbonyl (C=O) groups is 1. The number of hydrogen-bond acceptors (Lipinski definition) is 6. The molecule has 4 rings (SSSR count). The minimum Gasteiger partial charge on any atom is -0.508 e. The molecular weight excluding hydrogens is 426 g/mol. The summed E-state index contributed by atoms with van der Waals surface area (Å²) in [7, 11) is 0. The Kier molecular flexibility index (Phi) is 6.80. The van der Waals surface area contributed by atoms with E-state index in [4.69, 9.17) is 10.7 Å². The molecule has 1 amide bonds. The molecule has 7 heteroatoms. The van der Waals surface area contributed by atoms with Crippen molar-refractivity contribution in [3.8, 4) is 23.1 Å². The Balaban J connectivity index is 1.75. The molecule has 2 aromatic carbocycles. The Morgan fingerprint density at radius 3 is 2.59 bits per heavy atom. The Hall–Kier alpha value is -4.70. The van der Waals surface area contributed by atoms with E-state index in [0.717, 1.165) is 5.56 Å². The highest BCUT2D eigenvalue weighted by Crippen LogP contribution is 2.32. The number of anilines is 1. The summed E-state index contributed by atoms with van der Waals surface area (Å²) in [5, 5.41) is 22.9. The van der Waals surface area contributed by atoms with Crippen molar-refractivity contribution in [1.29, 1.82) is 5.26 Å². The fraction of sp³-hybridized carbons (Fsp3) is 0.111. The standard InChI is InChI=1S/C27H23N5O2/c28-16-19-7-1-3-9-21(19)23-12-11-22(25(26(29)34)20-8-5-14-30-17-20)27(32-23)31-15-13-18-6-2-4-10-24(18)33/h1-12,14,17,25,33H,13,15H2,(H2,29,34)(H,31,32). The summed E-state index contributed by atoms with van der Waals surface area (Å²) in [5.74, 6) is -0.578. The van der Waals surface area contributed by atoms with Crippen molar-refractivity contribution in [1.82, 2.24) is 9.97 Å². The van der Waals surface area contributed by atoms with E-state index in [-0.39, 0.29) is 5.75 Å². The predicted octanol–water partition coefficient (Wildman–Crippen LogP) is 3.99. The maximum Gasteiger partial charge on any atom is 0.229 e. The number of aromatic hydroxyl groups is 1. The fourth-order valence-electron chi connectivity index (χ4n) is 3.88. The van der Waals surface area contributed by atoms with Gasteiger partial charge < -0.3 is 16.2 Å². The number of pyridine rings is 2. The number of amides is 1. The van der Waals surface area contributed by atoms with Crippen LogP contribution in [0.5, 0.6) is 5.75 Å². The first kappa shape index (κ1) is 22.5. The number of phenolic OH excluding ortho intramolecular Hbond substituents is 1. The molecule has 7 nitrogen and oxygen atoms in total. The van der Waals surface area contributed by atoms with Crippen molar-refractivity contribution in [2.24, 2.45) is 5.73 Å². The average Bonchev–Trinajstić information content (AvgIpc) is 2.86. The van der Waals surface area contributed by atoms with Crippen molar-refractivity contribution < 1.29 is 9.90 Å². The molecule has 0 radical (unpaired) electrons. The lowest BCUT2D eigenvalue weighted by atomic mass is 9.91. The summed E-state index contributed by atoms with van der Waals surface area (Å²) in [4.78, 5) is 21.4. The lowest BCUT2D eigenvalue weighted by Gasteiger charge is -2.19. The lowest BCUT2D eigenvalue weighted by Crippen LogP contribution is -2.24. The molecule has 2 aromatic heterocycles. The van der Waals surface area contributed by atoms with E-state index in [9.17, 15) is 15.2 Å². The van der Waals surface area contributed by atoms with Crippen LogP contribution in [0.2, 0.25) is 0 Å². The summed E-state index contributed by atoms with van der Waals surface area (Å²) in [6.07, 6.45) is 3.79. The van der Waals surface area contributed by atoms with E-state index < -0.39 is 11.8 Å². The molecule has 168 valence electrons. The van der Waals surface area contributed by atoms with Gasteiger partial charge in [0.05, 0.1) is 23.2 Å². The van der Waals surface area contributed by atoms with Crippen LogP contribution in [0.1, 0.15) is 28.2 Å². The number of primary amides is 1. The molecule has 0 aliphatic heterocycles. The van der Waals surface area contributed by atoms with Crippen LogP contribution in [0, 0.1) is 11.3 Å². The molecule has 4 aromatic rings. The fourth-order valence-corrected chi connectivity index (χ4v) is 3.88. The largest absolute Gasteiger partial charge is 0.508 e. The number of hydrogen-bond donors (Lipinski definition) is 3. The molecule has 2 heterocycles. The topological polar surface area (TPSA) is 125 Å². The van der Waals surface area contributed by atoms with Gasteiger partial charge in [-0.3, -0.25) is 9.78 Å². The second kappa shape index (κ2) is 10.3. The summed E-state index contributed by atoms with van der Waals surface area (Å²) in [6, 6.07) is 23.7. The Bertz CT molecular complexity index is 1350. The first-order valence-electron chi connectivity index (χ1n) is 10.8. The molecule has 0 spiro atoms. The SMILES string of the molecule is N#Cc1ccccc1-c1ccc(C(C(N)=O)c2cccnc2)c(NCCc2ccccc2O)n1. The maximum atomic E-state index is 12.5. The number of benzene rings is 2. The number of para-hydroxylation sites is 1. The molecule has 1 unspecified atom stereocenters. The first-order chi connectivity index (χ1) is 16.6. The van der Waals surface area contributed by atoms with Crippen molar-refractivity contribution in [2.45, 2.75) is 12.3 Å². The Labute approximate surface area is 197 Å². The summed E-state index contributed by atoms with van der Waals surface area (Å²) < 4.78 is 0. The lowest BCUT2D eigenvalue weighted by molar-refractivity contribution is -0.118. The second-order valence-corrected chi connectivity index (χ2v) is 7.72. The number of phenols is 1. The van der Waals surface area contributed by atoms with Crippen LogP contribution < -0.4 is 11.1 Å². The molecule has 0 fully saturated rings.